The Balaban J connectivity index is 1.55. The lowest BCUT2D eigenvalue weighted by Crippen LogP contribution is -2.41. The zero-order valence-corrected chi connectivity index (χ0v) is 20.3. The van der Waals surface area contributed by atoms with Crippen molar-refractivity contribution < 1.29 is 8.78 Å². The maximum atomic E-state index is 14.2. The van der Waals surface area contributed by atoms with Crippen LogP contribution in [0.1, 0.15) is 30.4 Å². The fourth-order valence-corrected chi connectivity index (χ4v) is 5.03. The number of aryl methyl sites for hydroxylation is 2. The van der Waals surface area contributed by atoms with E-state index in [2.05, 4.69) is 21.9 Å². The van der Waals surface area contributed by atoms with Gasteiger partial charge in [-0.05, 0) is 54.4 Å². The van der Waals surface area contributed by atoms with Crippen LogP contribution in [0.5, 0.6) is 0 Å². The molecule has 2 aliphatic rings. The molecule has 2 aromatic carbocycles. The molecule has 1 aromatic heterocycles. The molecule has 0 unspecified atom stereocenters. The molecule has 0 bridgehead atoms. The molecule has 8 heteroatoms. The maximum absolute atomic E-state index is 14.2. The van der Waals surface area contributed by atoms with E-state index in [1.807, 2.05) is 41.3 Å². The number of hydrogen-bond donors (Lipinski definition) is 2. The van der Waals surface area contributed by atoms with Gasteiger partial charge >= 0.3 is 0 Å². The van der Waals surface area contributed by atoms with Crippen LogP contribution in [0, 0.1) is 5.41 Å². The third kappa shape index (κ3) is 4.63. The molecule has 2 N–H and O–H groups in total. The third-order valence-electron chi connectivity index (χ3n) is 6.88. The minimum Gasteiger partial charge on any atom is -0.373 e. The molecule has 0 amide bonds. The van der Waals surface area contributed by atoms with Crippen LogP contribution in [0.2, 0.25) is 0 Å². The molecule has 0 atom stereocenters. The minimum atomic E-state index is -2.64. The van der Waals surface area contributed by atoms with Crippen LogP contribution in [0.4, 0.5) is 20.2 Å². The van der Waals surface area contributed by atoms with Crippen LogP contribution in [0.15, 0.2) is 78.9 Å². The Morgan fingerprint density at radius 2 is 1.97 bits per heavy atom. The Bertz CT molecular complexity index is 1310. The average Bonchev–Trinajstić information content (AvgIpc) is 3.34. The summed E-state index contributed by atoms with van der Waals surface area (Å²) in [6.45, 7) is 5.87. The molecule has 0 saturated carbocycles. The second-order valence-electron chi connectivity index (χ2n) is 9.23. The number of nitrogens with one attached hydrogen (secondary N) is 2. The molecular formula is C28H30F2N6. The molecule has 0 aliphatic carbocycles. The molecule has 3 aromatic rings. The Hall–Kier alpha value is -3.94. The summed E-state index contributed by atoms with van der Waals surface area (Å²) in [5, 5.41) is 16.9. The van der Waals surface area contributed by atoms with Gasteiger partial charge in [0, 0.05) is 73.1 Å². The first-order valence-corrected chi connectivity index (χ1v) is 12.2. The van der Waals surface area contributed by atoms with Gasteiger partial charge in [-0.3, -0.25) is 10.1 Å². The first-order chi connectivity index (χ1) is 17.4. The van der Waals surface area contributed by atoms with Crippen LogP contribution in [-0.4, -0.2) is 40.2 Å². The summed E-state index contributed by atoms with van der Waals surface area (Å²) in [7, 11) is 1.78. The Kier molecular flexibility index (Phi) is 6.59. The van der Waals surface area contributed by atoms with E-state index < -0.39 is 6.43 Å². The van der Waals surface area contributed by atoms with Gasteiger partial charge in [-0.15, -0.1) is 0 Å². The van der Waals surface area contributed by atoms with Crippen LogP contribution >= 0.6 is 0 Å². The molecule has 0 fully saturated rings. The lowest BCUT2D eigenvalue weighted by molar-refractivity contribution is 0.152. The molecule has 0 saturated heterocycles. The van der Waals surface area contributed by atoms with E-state index in [9.17, 15) is 14.2 Å². The molecular weight excluding hydrogens is 458 g/mol. The van der Waals surface area contributed by atoms with E-state index in [4.69, 9.17) is 0 Å². The van der Waals surface area contributed by atoms with Gasteiger partial charge < -0.3 is 15.1 Å². The number of anilines is 2. The summed E-state index contributed by atoms with van der Waals surface area (Å²) in [4.78, 5) is 3.98. The summed E-state index contributed by atoms with van der Waals surface area (Å²) in [6.07, 6.45) is 4.90. The fourth-order valence-electron chi connectivity index (χ4n) is 5.03. The van der Waals surface area contributed by atoms with E-state index in [1.54, 1.807) is 36.4 Å². The van der Waals surface area contributed by atoms with E-state index >= 15 is 0 Å². The monoisotopic (exact) mass is 488 g/mol. The lowest BCUT2D eigenvalue weighted by Gasteiger charge is -2.37. The van der Waals surface area contributed by atoms with Crippen molar-refractivity contribution in [2.45, 2.75) is 25.7 Å². The van der Waals surface area contributed by atoms with Crippen molar-refractivity contribution in [2.24, 2.45) is 7.05 Å². The highest BCUT2D eigenvalue weighted by molar-refractivity contribution is 6.09. The molecule has 6 nitrogen and oxygen atoms in total. The van der Waals surface area contributed by atoms with Crippen molar-refractivity contribution in [1.82, 2.24) is 14.7 Å². The van der Waals surface area contributed by atoms with Crippen molar-refractivity contribution >= 4 is 17.2 Å². The van der Waals surface area contributed by atoms with Gasteiger partial charge in [0.25, 0.3) is 6.43 Å². The zero-order chi connectivity index (χ0) is 25.2. The minimum absolute atomic E-state index is 0.0329. The number of aromatic nitrogens is 2. The van der Waals surface area contributed by atoms with Crippen LogP contribution in [-0.2, 0) is 13.5 Å². The van der Waals surface area contributed by atoms with Crippen LogP contribution in [0.25, 0.3) is 11.1 Å². The first-order valence-electron chi connectivity index (χ1n) is 12.2. The van der Waals surface area contributed by atoms with E-state index in [0.29, 0.717) is 35.7 Å². The van der Waals surface area contributed by atoms with Crippen molar-refractivity contribution in [3.05, 3.63) is 90.0 Å². The molecule has 3 heterocycles. The molecule has 2 aliphatic heterocycles. The fraction of sp³-hybridized carbons (Fsp3) is 0.286. The summed E-state index contributed by atoms with van der Waals surface area (Å²) < 4.78 is 30.1. The molecule has 186 valence electrons. The number of alkyl halides is 2. The largest absolute Gasteiger partial charge is 0.373 e. The second kappa shape index (κ2) is 9.97. The highest BCUT2D eigenvalue weighted by atomic mass is 19.3. The number of rotatable bonds is 6. The predicted molar refractivity (Wildman–Crippen MR) is 140 cm³/mol. The van der Waals surface area contributed by atoms with Crippen molar-refractivity contribution in [1.29, 1.82) is 5.41 Å². The summed E-state index contributed by atoms with van der Waals surface area (Å²) >= 11 is 0. The maximum Gasteiger partial charge on any atom is 0.264 e. The van der Waals surface area contributed by atoms with Gasteiger partial charge in [0.2, 0.25) is 0 Å². The average molecular weight is 489 g/mol. The topological polar surface area (TPSA) is 60.2 Å². The van der Waals surface area contributed by atoms with Crippen LogP contribution < -0.4 is 10.2 Å². The van der Waals surface area contributed by atoms with Crippen molar-refractivity contribution in [2.75, 3.05) is 29.9 Å². The molecule has 0 radical (unpaired) electrons. The molecule has 36 heavy (non-hydrogen) atoms. The number of fused-ring (bicyclic) bond motifs is 1. The Labute approximate surface area is 210 Å². The quantitative estimate of drug-likeness (QED) is 0.332. The number of para-hydroxylation sites is 1. The molecule has 0 spiro atoms. The second-order valence-corrected chi connectivity index (χ2v) is 9.23. The normalized spacial score (nSPS) is 15.8. The van der Waals surface area contributed by atoms with Gasteiger partial charge in [-0.1, -0.05) is 24.8 Å². The van der Waals surface area contributed by atoms with Crippen molar-refractivity contribution in [3.63, 3.8) is 0 Å². The van der Waals surface area contributed by atoms with E-state index in [0.717, 1.165) is 48.3 Å². The smallest absolute Gasteiger partial charge is 0.264 e. The van der Waals surface area contributed by atoms with Crippen molar-refractivity contribution in [3.8, 4) is 11.1 Å². The summed E-state index contributed by atoms with van der Waals surface area (Å²) in [5.74, 6) is 0.343. The number of nitrogens with zero attached hydrogens (tertiary/aromatic N) is 4. The van der Waals surface area contributed by atoms with Gasteiger partial charge in [0.05, 0.1) is 6.20 Å². The van der Waals surface area contributed by atoms with Gasteiger partial charge in [-0.25, -0.2) is 8.78 Å². The van der Waals surface area contributed by atoms with E-state index in [-0.39, 0.29) is 5.56 Å². The predicted octanol–water partition coefficient (Wildman–Crippen LogP) is 5.97. The van der Waals surface area contributed by atoms with Crippen LogP contribution in [0.3, 0.4) is 0 Å². The Morgan fingerprint density at radius 1 is 1.17 bits per heavy atom. The SMILES string of the molecule is C=CN1CCC(Nc2ccccc2)=C(C(=N)N2CCCc3cc(-c4cnn(C)c4)c(C(F)F)cc32)C1. The van der Waals surface area contributed by atoms with Gasteiger partial charge in [0.15, 0.2) is 0 Å². The number of benzene rings is 2. The standard InChI is InChI=1S/C28H30F2N6/c1-3-35-13-11-25(33-21-9-5-4-6-10-21)24(18-35)28(31)36-12-7-8-19-14-22(20-16-32-34(2)17-20)23(27(29)30)15-26(19)36/h3-6,9-10,14-17,27,31,33H,1,7-8,11-13,18H2,2H3. The highest BCUT2D eigenvalue weighted by Gasteiger charge is 2.29. The highest BCUT2D eigenvalue weighted by Crippen LogP contribution is 2.39. The number of amidine groups is 1. The Morgan fingerprint density at radius 3 is 2.67 bits per heavy atom. The van der Waals surface area contributed by atoms with E-state index in [1.165, 1.54) is 0 Å². The first kappa shape index (κ1) is 23.8. The summed E-state index contributed by atoms with van der Waals surface area (Å²) in [6, 6.07) is 13.3. The summed E-state index contributed by atoms with van der Waals surface area (Å²) in [5.41, 5.74) is 5.62. The van der Waals surface area contributed by atoms with Gasteiger partial charge in [0.1, 0.15) is 5.84 Å². The third-order valence-corrected chi connectivity index (χ3v) is 6.88. The number of hydrogen-bond acceptors (Lipinski definition) is 4. The van der Waals surface area contributed by atoms with Gasteiger partial charge in [-0.2, -0.15) is 5.10 Å². The molecule has 5 rings (SSSR count). The number of halogens is 2. The lowest BCUT2D eigenvalue weighted by atomic mass is 9.92. The zero-order valence-electron chi connectivity index (χ0n) is 20.3.